The van der Waals surface area contributed by atoms with Gasteiger partial charge < -0.3 is 4.74 Å². The first-order valence-electron chi connectivity index (χ1n) is 9.29. The van der Waals surface area contributed by atoms with Crippen molar-refractivity contribution in [3.05, 3.63) is 101 Å². The van der Waals surface area contributed by atoms with Gasteiger partial charge in [0.1, 0.15) is 12.4 Å². The molecule has 0 aliphatic carbocycles. The number of benzene rings is 3. The highest BCUT2D eigenvalue weighted by Crippen LogP contribution is 2.33. The molecule has 0 saturated carbocycles. The number of para-hydroxylation sites is 1. The first-order valence-corrected chi connectivity index (χ1v) is 9.29. The Balaban J connectivity index is 1.70. The molecule has 0 unspecified atom stereocenters. The lowest BCUT2D eigenvalue weighted by Gasteiger charge is -2.27. The Labute approximate surface area is 164 Å². The first kappa shape index (κ1) is 18.0. The second kappa shape index (κ2) is 7.31. The summed E-state index contributed by atoms with van der Waals surface area (Å²) in [6.07, 6.45) is 0. The van der Waals surface area contributed by atoms with E-state index in [9.17, 15) is 9.59 Å². The van der Waals surface area contributed by atoms with Crippen molar-refractivity contribution in [2.24, 2.45) is 0 Å². The zero-order valence-corrected chi connectivity index (χ0v) is 15.9. The average Bonchev–Trinajstić information content (AvgIpc) is 2.96. The van der Waals surface area contributed by atoms with E-state index in [1.54, 1.807) is 24.3 Å². The van der Waals surface area contributed by atoms with E-state index in [0.29, 0.717) is 11.1 Å². The standard InChI is InChI=1S/C24H21NO3/c1-16-9-8-10-17(2)22(16)28-15-21(18-11-4-3-5-12-18)25-23(26)19-13-6-7-14-20(19)24(25)27/h3-14,21H,15H2,1-2H3/t21-/m0/s1. The molecule has 0 fully saturated rings. The van der Waals surface area contributed by atoms with Crippen LogP contribution in [0.15, 0.2) is 72.8 Å². The number of ether oxygens (including phenoxy) is 1. The molecule has 28 heavy (non-hydrogen) atoms. The van der Waals surface area contributed by atoms with Gasteiger partial charge in [-0.3, -0.25) is 14.5 Å². The Morgan fingerprint density at radius 2 is 1.29 bits per heavy atom. The fourth-order valence-electron chi connectivity index (χ4n) is 3.68. The largest absolute Gasteiger partial charge is 0.491 e. The average molecular weight is 371 g/mol. The number of hydrogen-bond acceptors (Lipinski definition) is 3. The van der Waals surface area contributed by atoms with Gasteiger partial charge in [0.2, 0.25) is 0 Å². The van der Waals surface area contributed by atoms with Crippen molar-refractivity contribution in [1.82, 2.24) is 4.90 Å². The molecule has 0 aromatic heterocycles. The van der Waals surface area contributed by atoms with Gasteiger partial charge in [0.25, 0.3) is 11.8 Å². The van der Waals surface area contributed by atoms with Crippen molar-refractivity contribution in [2.45, 2.75) is 19.9 Å². The molecule has 0 spiro atoms. The zero-order chi connectivity index (χ0) is 19.7. The SMILES string of the molecule is Cc1cccc(C)c1OC[C@@H](c1ccccc1)N1C(=O)c2ccccc2C1=O. The van der Waals surface area contributed by atoms with Crippen LogP contribution in [0, 0.1) is 13.8 Å². The third-order valence-electron chi connectivity index (χ3n) is 5.12. The second-order valence-electron chi connectivity index (χ2n) is 6.98. The Morgan fingerprint density at radius 3 is 1.86 bits per heavy atom. The van der Waals surface area contributed by atoms with Crippen LogP contribution in [0.3, 0.4) is 0 Å². The number of aryl methyl sites for hydroxylation is 2. The highest BCUT2D eigenvalue weighted by atomic mass is 16.5. The van der Waals surface area contributed by atoms with Gasteiger partial charge in [0.15, 0.2) is 0 Å². The minimum absolute atomic E-state index is 0.196. The van der Waals surface area contributed by atoms with Gasteiger partial charge in [-0.2, -0.15) is 0 Å². The number of amides is 2. The molecular weight excluding hydrogens is 350 g/mol. The van der Waals surface area contributed by atoms with E-state index in [2.05, 4.69) is 0 Å². The van der Waals surface area contributed by atoms with Crippen molar-refractivity contribution in [3.63, 3.8) is 0 Å². The van der Waals surface area contributed by atoms with E-state index in [-0.39, 0.29) is 18.4 Å². The highest BCUT2D eigenvalue weighted by molar-refractivity contribution is 6.21. The number of imide groups is 1. The lowest BCUT2D eigenvalue weighted by Crippen LogP contribution is -2.37. The smallest absolute Gasteiger partial charge is 0.262 e. The monoisotopic (exact) mass is 371 g/mol. The minimum atomic E-state index is -0.507. The molecular formula is C24H21NO3. The van der Waals surface area contributed by atoms with Crippen LogP contribution in [0.2, 0.25) is 0 Å². The van der Waals surface area contributed by atoms with E-state index >= 15 is 0 Å². The molecule has 4 heteroatoms. The van der Waals surface area contributed by atoms with Gasteiger partial charge in [0, 0.05) is 0 Å². The summed E-state index contributed by atoms with van der Waals surface area (Å²) < 4.78 is 6.15. The van der Waals surface area contributed by atoms with Gasteiger partial charge >= 0.3 is 0 Å². The molecule has 0 radical (unpaired) electrons. The molecule has 1 atom stereocenters. The summed E-state index contributed by atoms with van der Waals surface area (Å²) in [7, 11) is 0. The molecule has 0 N–H and O–H groups in total. The predicted molar refractivity (Wildman–Crippen MR) is 108 cm³/mol. The Bertz CT molecular complexity index is 987. The Hall–Kier alpha value is -3.40. The summed E-state index contributed by atoms with van der Waals surface area (Å²) in [6, 6.07) is 22.0. The molecule has 1 heterocycles. The molecule has 0 bridgehead atoms. The molecule has 4 rings (SSSR count). The molecule has 2 amide bonds. The maximum atomic E-state index is 13.0. The maximum Gasteiger partial charge on any atom is 0.262 e. The van der Waals surface area contributed by atoms with E-state index in [0.717, 1.165) is 22.4 Å². The van der Waals surface area contributed by atoms with Crippen molar-refractivity contribution < 1.29 is 14.3 Å². The highest BCUT2D eigenvalue weighted by Gasteiger charge is 2.40. The van der Waals surface area contributed by atoms with Crippen molar-refractivity contribution in [2.75, 3.05) is 6.61 Å². The third-order valence-corrected chi connectivity index (χ3v) is 5.12. The summed E-state index contributed by atoms with van der Waals surface area (Å²) in [5.41, 5.74) is 3.80. The van der Waals surface area contributed by atoms with Gasteiger partial charge in [-0.25, -0.2) is 0 Å². The van der Waals surface area contributed by atoms with E-state index in [1.807, 2.05) is 62.4 Å². The summed E-state index contributed by atoms with van der Waals surface area (Å²) >= 11 is 0. The molecule has 1 aliphatic heterocycles. The lowest BCUT2D eigenvalue weighted by atomic mass is 10.1. The van der Waals surface area contributed by atoms with E-state index in [4.69, 9.17) is 4.74 Å². The zero-order valence-electron chi connectivity index (χ0n) is 15.9. The van der Waals surface area contributed by atoms with E-state index < -0.39 is 6.04 Å². The second-order valence-corrected chi connectivity index (χ2v) is 6.98. The van der Waals surface area contributed by atoms with Crippen LogP contribution < -0.4 is 4.74 Å². The summed E-state index contributed by atoms with van der Waals surface area (Å²) in [5.74, 6) is 0.235. The minimum Gasteiger partial charge on any atom is -0.491 e. The van der Waals surface area contributed by atoms with Gasteiger partial charge in [-0.05, 0) is 42.7 Å². The Kier molecular flexibility index (Phi) is 4.70. The van der Waals surface area contributed by atoms with Crippen LogP contribution in [0.1, 0.15) is 43.4 Å². The Morgan fingerprint density at radius 1 is 0.750 bits per heavy atom. The number of carbonyl (C=O) groups is 2. The van der Waals surface area contributed by atoms with Gasteiger partial charge in [-0.15, -0.1) is 0 Å². The van der Waals surface area contributed by atoms with Crippen LogP contribution in [-0.4, -0.2) is 23.3 Å². The molecule has 140 valence electrons. The van der Waals surface area contributed by atoms with Crippen molar-refractivity contribution in [1.29, 1.82) is 0 Å². The first-order chi connectivity index (χ1) is 13.6. The fraction of sp³-hybridized carbons (Fsp3) is 0.167. The number of hydrogen-bond donors (Lipinski definition) is 0. The molecule has 3 aromatic rings. The van der Waals surface area contributed by atoms with Crippen LogP contribution in [0.25, 0.3) is 0 Å². The summed E-state index contributed by atoms with van der Waals surface area (Å²) in [6.45, 7) is 4.17. The predicted octanol–water partition coefficient (Wildman–Crippen LogP) is 4.72. The number of fused-ring (bicyclic) bond motifs is 1. The number of rotatable bonds is 5. The van der Waals surface area contributed by atoms with Crippen molar-refractivity contribution >= 4 is 11.8 Å². The fourth-order valence-corrected chi connectivity index (χ4v) is 3.68. The molecule has 4 nitrogen and oxygen atoms in total. The topological polar surface area (TPSA) is 46.6 Å². The number of carbonyl (C=O) groups excluding carboxylic acids is 2. The van der Waals surface area contributed by atoms with E-state index in [1.165, 1.54) is 4.90 Å². The van der Waals surface area contributed by atoms with Gasteiger partial charge in [0.05, 0.1) is 17.2 Å². The molecule has 3 aromatic carbocycles. The quantitative estimate of drug-likeness (QED) is 0.610. The van der Waals surface area contributed by atoms with Crippen LogP contribution in [0.4, 0.5) is 0 Å². The van der Waals surface area contributed by atoms with Crippen molar-refractivity contribution in [3.8, 4) is 5.75 Å². The maximum absolute atomic E-state index is 13.0. The van der Waals surface area contributed by atoms with Gasteiger partial charge in [-0.1, -0.05) is 60.7 Å². The van der Waals surface area contributed by atoms with Crippen LogP contribution >= 0.6 is 0 Å². The lowest BCUT2D eigenvalue weighted by molar-refractivity contribution is 0.0529. The number of nitrogens with zero attached hydrogens (tertiary/aromatic N) is 1. The third kappa shape index (κ3) is 3.07. The molecule has 1 aliphatic rings. The summed E-state index contributed by atoms with van der Waals surface area (Å²) in [5, 5.41) is 0. The van der Waals surface area contributed by atoms with Crippen LogP contribution in [0.5, 0.6) is 5.75 Å². The van der Waals surface area contributed by atoms with Crippen LogP contribution in [-0.2, 0) is 0 Å². The summed E-state index contributed by atoms with van der Waals surface area (Å²) in [4.78, 5) is 27.4. The normalized spacial score (nSPS) is 14.1. The molecule has 0 saturated heterocycles.